The minimum absolute atomic E-state index is 0.00822. The Bertz CT molecular complexity index is 1130. The summed E-state index contributed by atoms with van der Waals surface area (Å²) in [5.41, 5.74) is 7.07. The van der Waals surface area contributed by atoms with Crippen LogP contribution in [0.3, 0.4) is 0 Å². The number of hydrogen-bond acceptors (Lipinski definition) is 5. The van der Waals surface area contributed by atoms with Crippen molar-refractivity contribution in [2.45, 2.75) is 45.2 Å². The number of nitrogens with zero attached hydrogens (tertiary/aromatic N) is 3. The molecule has 1 saturated heterocycles. The van der Waals surface area contributed by atoms with Crippen molar-refractivity contribution < 1.29 is 9.59 Å². The molecule has 1 atom stereocenters. The maximum atomic E-state index is 12.6. The molecule has 1 aromatic carbocycles. The SMILES string of the molecule is CNC(=O)c1ccc(C2=CCN(Cc3ccc4c(c3)NC(=O)[C@@H]3CCCCN43)CC2)c(C)n1. The number of pyridine rings is 1. The molecule has 172 valence electrons. The zero-order valence-corrected chi connectivity index (χ0v) is 19.4. The lowest BCUT2D eigenvalue weighted by atomic mass is 9.96. The van der Waals surface area contributed by atoms with Crippen molar-refractivity contribution in [3.05, 3.63) is 58.9 Å². The fraction of sp³-hybridized carbons (Fsp3) is 0.423. The fourth-order valence-electron chi connectivity index (χ4n) is 5.25. The Morgan fingerprint density at radius 2 is 2.09 bits per heavy atom. The summed E-state index contributed by atoms with van der Waals surface area (Å²) in [6.07, 6.45) is 6.43. The summed E-state index contributed by atoms with van der Waals surface area (Å²) in [5, 5.41) is 5.76. The highest BCUT2D eigenvalue weighted by atomic mass is 16.2. The molecule has 0 spiro atoms. The van der Waals surface area contributed by atoms with E-state index in [-0.39, 0.29) is 17.9 Å². The number of amides is 2. The maximum Gasteiger partial charge on any atom is 0.269 e. The molecule has 0 unspecified atom stereocenters. The van der Waals surface area contributed by atoms with E-state index in [9.17, 15) is 9.59 Å². The first-order chi connectivity index (χ1) is 16.0. The molecular formula is C26H31N5O2. The van der Waals surface area contributed by atoms with Crippen LogP contribution in [0.5, 0.6) is 0 Å². The maximum absolute atomic E-state index is 12.6. The molecule has 7 heteroatoms. The van der Waals surface area contributed by atoms with Crippen molar-refractivity contribution in [3.8, 4) is 0 Å². The number of carbonyl (C=O) groups excluding carboxylic acids is 2. The van der Waals surface area contributed by atoms with Gasteiger partial charge in [0.2, 0.25) is 5.91 Å². The molecule has 5 rings (SSSR count). The molecule has 0 radical (unpaired) electrons. The van der Waals surface area contributed by atoms with E-state index in [0.717, 1.165) is 74.5 Å². The van der Waals surface area contributed by atoms with Crippen LogP contribution >= 0.6 is 0 Å². The summed E-state index contributed by atoms with van der Waals surface area (Å²) >= 11 is 0. The second kappa shape index (κ2) is 8.98. The first-order valence-corrected chi connectivity index (χ1v) is 11.9. The lowest BCUT2D eigenvalue weighted by Gasteiger charge is -2.41. The number of aryl methyl sites for hydroxylation is 1. The van der Waals surface area contributed by atoms with Crippen molar-refractivity contribution in [2.24, 2.45) is 0 Å². The molecule has 2 N–H and O–H groups in total. The molecular weight excluding hydrogens is 414 g/mol. The lowest BCUT2D eigenvalue weighted by molar-refractivity contribution is -0.118. The third kappa shape index (κ3) is 4.25. The number of carbonyl (C=O) groups is 2. The molecule has 2 aromatic rings. The minimum atomic E-state index is -0.162. The summed E-state index contributed by atoms with van der Waals surface area (Å²) in [5.74, 6) is -0.0261. The van der Waals surface area contributed by atoms with Gasteiger partial charge >= 0.3 is 0 Å². The summed E-state index contributed by atoms with van der Waals surface area (Å²) in [4.78, 5) is 33.6. The highest BCUT2D eigenvalue weighted by molar-refractivity contribution is 6.03. The quantitative estimate of drug-likeness (QED) is 0.755. The van der Waals surface area contributed by atoms with E-state index in [1.165, 1.54) is 11.1 Å². The average Bonchev–Trinajstić information content (AvgIpc) is 2.84. The number of rotatable bonds is 4. The predicted octanol–water partition coefficient (Wildman–Crippen LogP) is 3.35. The standard InChI is InChI=1S/C26H31N5O2/c1-17-20(7-8-21(28-17)25(32)27-2)19-10-13-30(14-11-19)16-18-6-9-23-22(15-18)29-26(33)24-5-3-4-12-31(23)24/h6-10,15,24H,3-5,11-14,16H2,1-2H3,(H,27,32)(H,29,33)/t24-/m0/s1. The second-order valence-corrected chi connectivity index (χ2v) is 9.17. The second-order valence-electron chi connectivity index (χ2n) is 9.17. The molecule has 1 aromatic heterocycles. The van der Waals surface area contributed by atoms with E-state index in [0.29, 0.717) is 5.69 Å². The largest absolute Gasteiger partial charge is 0.358 e. The fourth-order valence-corrected chi connectivity index (χ4v) is 5.25. The summed E-state index contributed by atoms with van der Waals surface area (Å²) < 4.78 is 0. The van der Waals surface area contributed by atoms with Gasteiger partial charge in [0, 0.05) is 38.9 Å². The van der Waals surface area contributed by atoms with Crippen LogP contribution in [-0.2, 0) is 11.3 Å². The monoisotopic (exact) mass is 445 g/mol. The van der Waals surface area contributed by atoms with Gasteiger partial charge in [-0.05, 0) is 67.5 Å². The smallest absolute Gasteiger partial charge is 0.269 e. The number of fused-ring (bicyclic) bond motifs is 3. The van der Waals surface area contributed by atoms with Gasteiger partial charge in [0.25, 0.3) is 5.91 Å². The topological polar surface area (TPSA) is 77.6 Å². The Kier molecular flexibility index (Phi) is 5.89. The van der Waals surface area contributed by atoms with E-state index in [1.54, 1.807) is 13.1 Å². The molecule has 0 bridgehead atoms. The van der Waals surface area contributed by atoms with Crippen LogP contribution in [0, 0.1) is 6.92 Å². The molecule has 1 fully saturated rings. The summed E-state index contributed by atoms with van der Waals surface area (Å²) in [7, 11) is 1.62. The molecule has 2 amide bonds. The first kappa shape index (κ1) is 21.6. The van der Waals surface area contributed by atoms with Gasteiger partial charge in [-0.25, -0.2) is 4.98 Å². The van der Waals surface area contributed by atoms with Gasteiger partial charge < -0.3 is 15.5 Å². The van der Waals surface area contributed by atoms with Gasteiger partial charge in [-0.2, -0.15) is 0 Å². The number of hydrogen-bond donors (Lipinski definition) is 2. The Morgan fingerprint density at radius 1 is 1.21 bits per heavy atom. The molecule has 0 aliphatic carbocycles. The number of benzene rings is 1. The third-order valence-electron chi connectivity index (χ3n) is 7.02. The van der Waals surface area contributed by atoms with E-state index < -0.39 is 0 Å². The zero-order valence-electron chi connectivity index (χ0n) is 19.4. The summed E-state index contributed by atoms with van der Waals surface area (Å²) in [6, 6.07) is 10.3. The third-order valence-corrected chi connectivity index (χ3v) is 7.02. The first-order valence-electron chi connectivity index (χ1n) is 11.9. The van der Waals surface area contributed by atoms with Crippen LogP contribution < -0.4 is 15.5 Å². The van der Waals surface area contributed by atoms with E-state index >= 15 is 0 Å². The molecule has 33 heavy (non-hydrogen) atoms. The molecule has 3 aliphatic rings. The molecule has 7 nitrogen and oxygen atoms in total. The average molecular weight is 446 g/mol. The molecule has 0 saturated carbocycles. The Hall–Kier alpha value is -3.19. The van der Waals surface area contributed by atoms with Crippen LogP contribution in [-0.4, -0.2) is 54.4 Å². The molecule has 4 heterocycles. The number of piperidine rings is 1. The van der Waals surface area contributed by atoms with Crippen molar-refractivity contribution in [3.63, 3.8) is 0 Å². The van der Waals surface area contributed by atoms with E-state index in [1.807, 2.05) is 13.0 Å². The predicted molar refractivity (Wildman–Crippen MR) is 130 cm³/mol. The van der Waals surface area contributed by atoms with Gasteiger partial charge in [0.05, 0.1) is 11.4 Å². The van der Waals surface area contributed by atoms with Crippen molar-refractivity contribution in [1.82, 2.24) is 15.2 Å². The van der Waals surface area contributed by atoms with Crippen LogP contribution in [0.15, 0.2) is 36.4 Å². The Morgan fingerprint density at radius 3 is 2.85 bits per heavy atom. The number of aromatic nitrogens is 1. The molecule has 3 aliphatic heterocycles. The van der Waals surface area contributed by atoms with Crippen molar-refractivity contribution in [2.75, 3.05) is 36.9 Å². The van der Waals surface area contributed by atoms with Crippen LogP contribution in [0.25, 0.3) is 5.57 Å². The van der Waals surface area contributed by atoms with Crippen LogP contribution in [0.1, 0.15) is 53.0 Å². The van der Waals surface area contributed by atoms with Crippen LogP contribution in [0.4, 0.5) is 11.4 Å². The Balaban J connectivity index is 1.27. The van der Waals surface area contributed by atoms with Gasteiger partial charge in [-0.1, -0.05) is 18.2 Å². The van der Waals surface area contributed by atoms with Gasteiger partial charge in [0.15, 0.2) is 0 Å². The Labute approximate surface area is 194 Å². The van der Waals surface area contributed by atoms with Gasteiger partial charge in [-0.15, -0.1) is 0 Å². The van der Waals surface area contributed by atoms with E-state index in [4.69, 9.17) is 0 Å². The highest BCUT2D eigenvalue weighted by Gasteiger charge is 2.34. The van der Waals surface area contributed by atoms with Crippen LogP contribution in [0.2, 0.25) is 0 Å². The van der Waals surface area contributed by atoms with Gasteiger partial charge in [-0.3, -0.25) is 14.5 Å². The normalized spacial score (nSPS) is 20.4. The summed E-state index contributed by atoms with van der Waals surface area (Å²) in [6.45, 7) is 5.60. The highest BCUT2D eigenvalue weighted by Crippen LogP contribution is 2.37. The van der Waals surface area contributed by atoms with E-state index in [2.05, 4.69) is 49.7 Å². The lowest BCUT2D eigenvalue weighted by Crippen LogP contribution is -2.50. The number of nitrogens with one attached hydrogen (secondary N) is 2. The minimum Gasteiger partial charge on any atom is -0.358 e. The van der Waals surface area contributed by atoms with Gasteiger partial charge in [0.1, 0.15) is 11.7 Å². The van der Waals surface area contributed by atoms with Crippen molar-refractivity contribution in [1.29, 1.82) is 0 Å². The number of anilines is 2. The van der Waals surface area contributed by atoms with Crippen molar-refractivity contribution >= 4 is 28.8 Å². The zero-order chi connectivity index (χ0) is 22.9.